The topological polar surface area (TPSA) is 45.7 Å². The Bertz CT molecular complexity index is 429. The Labute approximate surface area is 122 Å². The van der Waals surface area contributed by atoms with Gasteiger partial charge in [0.15, 0.2) is 5.96 Å². The van der Waals surface area contributed by atoms with Gasteiger partial charge < -0.3 is 15.4 Å². The Balaban J connectivity index is 2.70. The SMILES string of the molecule is CCNC(=NCc1cccc(OC)c1)NC(C)C(C)C. The summed E-state index contributed by atoms with van der Waals surface area (Å²) in [5.74, 6) is 2.29. The second-order valence-electron chi connectivity index (χ2n) is 5.22. The first kappa shape index (κ1) is 16.3. The van der Waals surface area contributed by atoms with E-state index in [9.17, 15) is 0 Å². The molecule has 4 heteroatoms. The molecule has 0 amide bonds. The van der Waals surface area contributed by atoms with E-state index in [4.69, 9.17) is 4.74 Å². The van der Waals surface area contributed by atoms with Gasteiger partial charge in [-0.1, -0.05) is 26.0 Å². The van der Waals surface area contributed by atoms with Gasteiger partial charge >= 0.3 is 0 Å². The van der Waals surface area contributed by atoms with E-state index in [1.165, 1.54) is 0 Å². The smallest absolute Gasteiger partial charge is 0.191 e. The summed E-state index contributed by atoms with van der Waals surface area (Å²) in [5, 5.41) is 6.70. The van der Waals surface area contributed by atoms with Crippen LogP contribution >= 0.6 is 0 Å². The molecule has 0 saturated heterocycles. The second kappa shape index (κ2) is 8.46. The molecule has 0 aromatic heterocycles. The van der Waals surface area contributed by atoms with Crippen molar-refractivity contribution in [1.29, 1.82) is 0 Å². The lowest BCUT2D eigenvalue weighted by Gasteiger charge is -2.20. The van der Waals surface area contributed by atoms with Crippen molar-refractivity contribution in [2.75, 3.05) is 13.7 Å². The number of nitrogens with one attached hydrogen (secondary N) is 2. The van der Waals surface area contributed by atoms with Gasteiger partial charge in [-0.2, -0.15) is 0 Å². The zero-order chi connectivity index (χ0) is 15.0. The van der Waals surface area contributed by atoms with Crippen molar-refractivity contribution in [3.63, 3.8) is 0 Å². The second-order valence-corrected chi connectivity index (χ2v) is 5.22. The first-order valence-corrected chi connectivity index (χ1v) is 7.24. The number of nitrogens with zero attached hydrogens (tertiary/aromatic N) is 1. The highest BCUT2D eigenvalue weighted by Gasteiger charge is 2.08. The molecular weight excluding hydrogens is 250 g/mol. The molecule has 0 heterocycles. The minimum absolute atomic E-state index is 0.387. The van der Waals surface area contributed by atoms with Gasteiger partial charge in [-0.25, -0.2) is 4.99 Å². The van der Waals surface area contributed by atoms with Crippen LogP contribution in [0, 0.1) is 5.92 Å². The van der Waals surface area contributed by atoms with Crippen LogP contribution in [0.25, 0.3) is 0 Å². The monoisotopic (exact) mass is 277 g/mol. The highest BCUT2D eigenvalue weighted by Crippen LogP contribution is 2.13. The lowest BCUT2D eigenvalue weighted by atomic mass is 10.1. The number of benzene rings is 1. The summed E-state index contributed by atoms with van der Waals surface area (Å²) in [4.78, 5) is 4.62. The fraction of sp³-hybridized carbons (Fsp3) is 0.562. The van der Waals surface area contributed by atoms with Gasteiger partial charge in [0.25, 0.3) is 0 Å². The molecule has 2 N–H and O–H groups in total. The van der Waals surface area contributed by atoms with Gasteiger partial charge in [-0.3, -0.25) is 0 Å². The molecule has 0 bridgehead atoms. The van der Waals surface area contributed by atoms with Crippen LogP contribution < -0.4 is 15.4 Å². The van der Waals surface area contributed by atoms with Crippen molar-refractivity contribution >= 4 is 5.96 Å². The Morgan fingerprint density at radius 2 is 2.05 bits per heavy atom. The van der Waals surface area contributed by atoms with Crippen LogP contribution in [-0.4, -0.2) is 25.7 Å². The first-order valence-electron chi connectivity index (χ1n) is 7.24. The van der Waals surface area contributed by atoms with Gasteiger partial charge in [0, 0.05) is 12.6 Å². The molecule has 0 saturated carbocycles. The minimum atomic E-state index is 0.387. The molecule has 0 aliphatic rings. The number of hydrogen-bond acceptors (Lipinski definition) is 2. The summed E-state index contributed by atoms with van der Waals surface area (Å²) < 4.78 is 5.23. The third-order valence-electron chi connectivity index (χ3n) is 3.26. The van der Waals surface area contributed by atoms with E-state index in [2.05, 4.69) is 49.4 Å². The van der Waals surface area contributed by atoms with Gasteiger partial charge in [0.2, 0.25) is 0 Å². The summed E-state index contributed by atoms with van der Waals surface area (Å²) in [5.41, 5.74) is 1.14. The molecule has 1 atom stereocenters. The molecule has 0 fully saturated rings. The first-order chi connectivity index (χ1) is 9.56. The molecule has 20 heavy (non-hydrogen) atoms. The van der Waals surface area contributed by atoms with Gasteiger partial charge in [-0.15, -0.1) is 0 Å². The lowest BCUT2D eigenvalue weighted by Crippen LogP contribution is -2.44. The summed E-state index contributed by atoms with van der Waals surface area (Å²) in [7, 11) is 1.68. The summed E-state index contributed by atoms with van der Waals surface area (Å²) >= 11 is 0. The van der Waals surface area contributed by atoms with Crippen molar-refractivity contribution in [2.24, 2.45) is 10.9 Å². The number of ether oxygens (including phenoxy) is 1. The molecule has 0 aliphatic carbocycles. The standard InChI is InChI=1S/C16H27N3O/c1-6-17-16(19-13(4)12(2)3)18-11-14-8-7-9-15(10-14)20-5/h7-10,12-13H,6,11H2,1-5H3,(H2,17,18,19). The quantitative estimate of drug-likeness (QED) is 0.621. The predicted molar refractivity (Wildman–Crippen MR) is 85.2 cm³/mol. The van der Waals surface area contributed by atoms with Crippen molar-refractivity contribution in [3.8, 4) is 5.75 Å². The van der Waals surface area contributed by atoms with Crippen molar-refractivity contribution in [3.05, 3.63) is 29.8 Å². The van der Waals surface area contributed by atoms with E-state index in [0.717, 1.165) is 23.8 Å². The number of aliphatic imine (C=N–C) groups is 1. The van der Waals surface area contributed by atoms with Gasteiger partial charge in [-0.05, 0) is 37.5 Å². The predicted octanol–water partition coefficient (Wildman–Crippen LogP) is 2.79. The van der Waals surface area contributed by atoms with E-state index in [-0.39, 0.29) is 0 Å². The largest absolute Gasteiger partial charge is 0.497 e. The van der Waals surface area contributed by atoms with Crippen LogP contribution in [0.4, 0.5) is 0 Å². The third kappa shape index (κ3) is 5.51. The normalized spacial score (nSPS) is 13.2. The molecule has 0 aliphatic heterocycles. The van der Waals surface area contributed by atoms with Crippen LogP contribution in [0.2, 0.25) is 0 Å². The Morgan fingerprint density at radius 1 is 1.30 bits per heavy atom. The van der Waals surface area contributed by atoms with Crippen LogP contribution in [0.1, 0.15) is 33.3 Å². The molecule has 4 nitrogen and oxygen atoms in total. The highest BCUT2D eigenvalue weighted by atomic mass is 16.5. The highest BCUT2D eigenvalue weighted by molar-refractivity contribution is 5.80. The van der Waals surface area contributed by atoms with E-state index in [1.807, 2.05) is 18.2 Å². The molecule has 112 valence electrons. The maximum absolute atomic E-state index is 5.23. The Morgan fingerprint density at radius 3 is 2.65 bits per heavy atom. The van der Waals surface area contributed by atoms with E-state index in [0.29, 0.717) is 18.5 Å². The molecule has 1 aromatic carbocycles. The van der Waals surface area contributed by atoms with Crippen LogP contribution in [0.15, 0.2) is 29.3 Å². The maximum atomic E-state index is 5.23. The number of rotatable bonds is 6. The Hall–Kier alpha value is -1.71. The molecular formula is C16H27N3O. The molecule has 1 unspecified atom stereocenters. The van der Waals surface area contributed by atoms with Crippen LogP contribution in [-0.2, 0) is 6.54 Å². The molecule has 0 radical (unpaired) electrons. The molecule has 1 rings (SSSR count). The van der Waals surface area contributed by atoms with Crippen molar-refractivity contribution in [1.82, 2.24) is 10.6 Å². The average Bonchev–Trinajstić information content (AvgIpc) is 2.45. The van der Waals surface area contributed by atoms with Gasteiger partial charge in [0.05, 0.1) is 13.7 Å². The molecule has 1 aromatic rings. The van der Waals surface area contributed by atoms with E-state index in [1.54, 1.807) is 7.11 Å². The number of guanidine groups is 1. The Kier molecular flexibility index (Phi) is 6.91. The average molecular weight is 277 g/mol. The zero-order valence-electron chi connectivity index (χ0n) is 13.2. The van der Waals surface area contributed by atoms with Crippen molar-refractivity contribution in [2.45, 2.75) is 40.3 Å². The molecule has 0 spiro atoms. The summed E-state index contributed by atoms with van der Waals surface area (Å²) in [6.07, 6.45) is 0. The maximum Gasteiger partial charge on any atom is 0.191 e. The van der Waals surface area contributed by atoms with Crippen LogP contribution in [0.3, 0.4) is 0 Å². The minimum Gasteiger partial charge on any atom is -0.497 e. The van der Waals surface area contributed by atoms with E-state index < -0.39 is 0 Å². The van der Waals surface area contributed by atoms with E-state index >= 15 is 0 Å². The zero-order valence-corrected chi connectivity index (χ0v) is 13.2. The summed E-state index contributed by atoms with van der Waals surface area (Å²) in [6, 6.07) is 8.39. The fourth-order valence-electron chi connectivity index (χ4n) is 1.64. The fourth-order valence-corrected chi connectivity index (χ4v) is 1.64. The lowest BCUT2D eigenvalue weighted by molar-refractivity contribution is 0.414. The third-order valence-corrected chi connectivity index (χ3v) is 3.26. The van der Waals surface area contributed by atoms with Crippen molar-refractivity contribution < 1.29 is 4.74 Å². The summed E-state index contributed by atoms with van der Waals surface area (Å²) in [6.45, 7) is 10.1. The number of hydrogen-bond donors (Lipinski definition) is 2. The van der Waals surface area contributed by atoms with Gasteiger partial charge in [0.1, 0.15) is 5.75 Å². The van der Waals surface area contributed by atoms with Crippen LogP contribution in [0.5, 0.6) is 5.75 Å². The number of methoxy groups -OCH3 is 1.